The number of hydrogen-bond acceptors (Lipinski definition) is 5. The maximum atomic E-state index is 12.7. The molecule has 7 heteroatoms. The molecule has 0 amide bonds. The summed E-state index contributed by atoms with van der Waals surface area (Å²) in [6.07, 6.45) is 1.05. The van der Waals surface area contributed by atoms with Gasteiger partial charge in [0.25, 0.3) is 5.56 Å². The predicted molar refractivity (Wildman–Crippen MR) is 103 cm³/mol. The molecule has 1 aromatic carbocycles. The molecule has 0 radical (unpaired) electrons. The minimum Gasteiger partial charge on any atom is -0.341 e. The fourth-order valence-electron chi connectivity index (χ4n) is 2.99. The lowest BCUT2D eigenvalue weighted by Gasteiger charge is -2.20. The van der Waals surface area contributed by atoms with E-state index in [0.29, 0.717) is 11.3 Å². The smallest absolute Gasteiger partial charge is 0.261 e. The number of aromatic nitrogens is 2. The molecule has 2 N–H and O–H groups in total. The summed E-state index contributed by atoms with van der Waals surface area (Å²) in [5.74, 6) is 0.681. The SMILES string of the molecule is O=c1[nH]c(N2CCCNCC2)nc2scc(-c3ccc(Br)cc3)c12. The normalized spacial score (nSPS) is 15.6. The Hall–Kier alpha value is -1.70. The van der Waals surface area contributed by atoms with Crippen molar-refractivity contribution in [2.45, 2.75) is 6.42 Å². The first-order chi connectivity index (χ1) is 11.7. The molecule has 0 unspecified atom stereocenters. The largest absolute Gasteiger partial charge is 0.341 e. The Balaban J connectivity index is 1.78. The molecule has 0 atom stereocenters. The molecule has 5 nitrogen and oxygen atoms in total. The summed E-state index contributed by atoms with van der Waals surface area (Å²) in [5.41, 5.74) is 1.91. The van der Waals surface area contributed by atoms with Crippen molar-refractivity contribution in [3.05, 3.63) is 44.5 Å². The molecule has 1 saturated heterocycles. The van der Waals surface area contributed by atoms with Crippen LogP contribution in [0.4, 0.5) is 5.95 Å². The van der Waals surface area contributed by atoms with Gasteiger partial charge in [0, 0.05) is 35.1 Å². The number of anilines is 1. The van der Waals surface area contributed by atoms with Crippen molar-refractivity contribution in [3.8, 4) is 11.1 Å². The molecule has 124 valence electrons. The quantitative estimate of drug-likeness (QED) is 0.688. The van der Waals surface area contributed by atoms with Gasteiger partial charge in [0.15, 0.2) is 0 Å². The van der Waals surface area contributed by atoms with E-state index >= 15 is 0 Å². The molecular formula is C17H17BrN4OS. The minimum absolute atomic E-state index is 0.0635. The number of halogens is 1. The molecule has 0 bridgehead atoms. The lowest BCUT2D eigenvalue weighted by atomic mass is 10.1. The predicted octanol–water partition coefficient (Wildman–Crippen LogP) is 3.21. The average Bonchev–Trinajstić information content (AvgIpc) is 2.83. The molecule has 0 spiro atoms. The third kappa shape index (κ3) is 2.99. The molecule has 3 heterocycles. The first kappa shape index (κ1) is 15.8. The molecular weight excluding hydrogens is 388 g/mol. The van der Waals surface area contributed by atoms with Crippen molar-refractivity contribution in [3.63, 3.8) is 0 Å². The Morgan fingerprint density at radius 3 is 2.83 bits per heavy atom. The van der Waals surface area contributed by atoms with E-state index in [2.05, 4.69) is 31.1 Å². The second-order valence-corrected chi connectivity index (χ2v) is 7.59. The molecule has 3 aromatic rings. The summed E-state index contributed by atoms with van der Waals surface area (Å²) >= 11 is 4.97. The van der Waals surface area contributed by atoms with Crippen LogP contribution in [0.15, 0.2) is 38.9 Å². The van der Waals surface area contributed by atoms with E-state index in [1.54, 1.807) is 0 Å². The molecule has 24 heavy (non-hydrogen) atoms. The molecule has 0 aliphatic carbocycles. The lowest BCUT2D eigenvalue weighted by Crippen LogP contribution is -2.31. The summed E-state index contributed by atoms with van der Waals surface area (Å²) in [7, 11) is 0. The molecule has 1 aliphatic heterocycles. The number of hydrogen-bond donors (Lipinski definition) is 2. The number of benzene rings is 1. The monoisotopic (exact) mass is 404 g/mol. The van der Waals surface area contributed by atoms with Gasteiger partial charge in [-0.25, -0.2) is 4.98 Å². The fraction of sp³-hybridized carbons (Fsp3) is 0.294. The van der Waals surface area contributed by atoms with Crippen LogP contribution in [0.1, 0.15) is 6.42 Å². The Morgan fingerprint density at radius 2 is 2.00 bits per heavy atom. The van der Waals surface area contributed by atoms with Gasteiger partial charge in [0.1, 0.15) is 4.83 Å². The van der Waals surface area contributed by atoms with Gasteiger partial charge in [-0.3, -0.25) is 9.78 Å². The van der Waals surface area contributed by atoms with E-state index in [0.717, 1.165) is 53.0 Å². The van der Waals surface area contributed by atoms with Gasteiger partial charge in [0.05, 0.1) is 5.39 Å². The number of H-pyrrole nitrogens is 1. The highest BCUT2D eigenvalue weighted by Crippen LogP contribution is 2.32. The first-order valence-corrected chi connectivity index (χ1v) is 9.63. The van der Waals surface area contributed by atoms with E-state index in [4.69, 9.17) is 4.98 Å². The van der Waals surface area contributed by atoms with Gasteiger partial charge in [-0.15, -0.1) is 11.3 Å². The van der Waals surface area contributed by atoms with Gasteiger partial charge < -0.3 is 10.2 Å². The Labute approximate surface area is 151 Å². The molecule has 1 fully saturated rings. The number of nitrogens with zero attached hydrogens (tertiary/aromatic N) is 2. The van der Waals surface area contributed by atoms with Crippen LogP contribution in [0.5, 0.6) is 0 Å². The lowest BCUT2D eigenvalue weighted by molar-refractivity contribution is 0.724. The second kappa shape index (κ2) is 6.66. The summed E-state index contributed by atoms with van der Waals surface area (Å²) in [4.78, 5) is 23.4. The van der Waals surface area contributed by atoms with Crippen molar-refractivity contribution in [1.82, 2.24) is 15.3 Å². The number of thiophene rings is 1. The van der Waals surface area contributed by atoms with Crippen LogP contribution in [0, 0.1) is 0 Å². The van der Waals surface area contributed by atoms with Gasteiger partial charge in [-0.05, 0) is 30.7 Å². The number of nitrogens with one attached hydrogen (secondary N) is 2. The minimum atomic E-state index is -0.0635. The standard InChI is InChI=1S/C17H17BrN4OS/c18-12-4-2-11(3-5-12)13-10-24-16-14(13)15(23)20-17(21-16)22-8-1-6-19-7-9-22/h2-5,10,19H,1,6-9H2,(H,20,21,23). The Bertz CT molecular complexity index is 910. The van der Waals surface area contributed by atoms with Crippen LogP contribution < -0.4 is 15.8 Å². The van der Waals surface area contributed by atoms with E-state index in [9.17, 15) is 4.79 Å². The van der Waals surface area contributed by atoms with Gasteiger partial charge in [-0.2, -0.15) is 0 Å². The van der Waals surface area contributed by atoms with Crippen molar-refractivity contribution < 1.29 is 0 Å². The summed E-state index contributed by atoms with van der Waals surface area (Å²) in [6.45, 7) is 3.69. The molecule has 2 aromatic heterocycles. The van der Waals surface area contributed by atoms with Gasteiger partial charge in [-0.1, -0.05) is 28.1 Å². The molecule has 4 rings (SSSR count). The van der Waals surface area contributed by atoms with Crippen molar-refractivity contribution in [1.29, 1.82) is 0 Å². The van der Waals surface area contributed by atoms with Crippen molar-refractivity contribution in [2.24, 2.45) is 0 Å². The van der Waals surface area contributed by atoms with Gasteiger partial charge >= 0.3 is 0 Å². The van der Waals surface area contributed by atoms with E-state index in [1.165, 1.54) is 11.3 Å². The van der Waals surface area contributed by atoms with Crippen LogP contribution in [-0.2, 0) is 0 Å². The van der Waals surface area contributed by atoms with Crippen LogP contribution in [-0.4, -0.2) is 36.1 Å². The van der Waals surface area contributed by atoms with Crippen LogP contribution in [0.2, 0.25) is 0 Å². The van der Waals surface area contributed by atoms with Crippen molar-refractivity contribution >= 4 is 43.4 Å². The summed E-state index contributed by atoms with van der Waals surface area (Å²) in [5, 5.41) is 6.06. The zero-order chi connectivity index (χ0) is 16.5. The Kier molecular flexibility index (Phi) is 4.39. The highest BCUT2D eigenvalue weighted by molar-refractivity contribution is 9.10. The van der Waals surface area contributed by atoms with Crippen LogP contribution in [0.25, 0.3) is 21.3 Å². The third-order valence-corrected chi connectivity index (χ3v) is 5.63. The van der Waals surface area contributed by atoms with Crippen molar-refractivity contribution in [2.75, 3.05) is 31.1 Å². The summed E-state index contributed by atoms with van der Waals surface area (Å²) in [6, 6.07) is 8.00. The number of rotatable bonds is 2. The third-order valence-electron chi connectivity index (χ3n) is 4.23. The molecule has 1 aliphatic rings. The highest BCUT2D eigenvalue weighted by atomic mass is 79.9. The zero-order valence-corrected chi connectivity index (χ0v) is 15.4. The van der Waals surface area contributed by atoms with Gasteiger partial charge in [0.2, 0.25) is 5.95 Å². The van der Waals surface area contributed by atoms with Crippen LogP contribution >= 0.6 is 27.3 Å². The Morgan fingerprint density at radius 1 is 1.17 bits per heavy atom. The zero-order valence-electron chi connectivity index (χ0n) is 13.0. The maximum absolute atomic E-state index is 12.7. The highest BCUT2D eigenvalue weighted by Gasteiger charge is 2.17. The topological polar surface area (TPSA) is 61.0 Å². The first-order valence-electron chi connectivity index (χ1n) is 7.95. The van der Waals surface area contributed by atoms with E-state index < -0.39 is 0 Å². The average molecular weight is 405 g/mol. The van der Waals surface area contributed by atoms with Crippen LogP contribution in [0.3, 0.4) is 0 Å². The number of fused-ring (bicyclic) bond motifs is 1. The summed E-state index contributed by atoms with van der Waals surface area (Å²) < 4.78 is 1.02. The number of aromatic amines is 1. The fourth-order valence-corrected chi connectivity index (χ4v) is 4.19. The maximum Gasteiger partial charge on any atom is 0.261 e. The van der Waals surface area contributed by atoms with E-state index in [1.807, 2.05) is 29.6 Å². The second-order valence-electron chi connectivity index (χ2n) is 5.82. The molecule has 0 saturated carbocycles. The van der Waals surface area contributed by atoms with E-state index in [-0.39, 0.29) is 5.56 Å².